The molecular weight excluding hydrogens is 224 g/mol. The maximum atomic E-state index is 13.1. The van der Waals surface area contributed by atoms with E-state index in [9.17, 15) is 8.78 Å². The van der Waals surface area contributed by atoms with Gasteiger partial charge in [-0.05, 0) is 36.9 Å². The highest BCUT2D eigenvalue weighted by molar-refractivity contribution is 5.43. The Morgan fingerprint density at radius 2 is 2.24 bits per heavy atom. The summed E-state index contributed by atoms with van der Waals surface area (Å²) in [4.78, 5) is 0. The highest BCUT2D eigenvalue weighted by Crippen LogP contribution is 2.37. The molecule has 1 unspecified atom stereocenters. The van der Waals surface area contributed by atoms with Crippen molar-refractivity contribution in [2.45, 2.75) is 25.2 Å². The molecule has 1 saturated heterocycles. The van der Waals surface area contributed by atoms with Crippen LogP contribution in [-0.4, -0.2) is 20.2 Å². The van der Waals surface area contributed by atoms with E-state index in [4.69, 9.17) is 4.74 Å². The number of benzene rings is 1. The van der Waals surface area contributed by atoms with E-state index in [0.717, 1.165) is 31.5 Å². The van der Waals surface area contributed by atoms with Crippen LogP contribution in [0.5, 0.6) is 5.75 Å². The lowest BCUT2D eigenvalue weighted by atomic mass is 9.88. The number of methoxy groups -OCH3 is 1. The largest absolute Gasteiger partial charge is 0.496 e. The molecule has 17 heavy (non-hydrogen) atoms. The molecule has 94 valence electrons. The van der Waals surface area contributed by atoms with Crippen molar-refractivity contribution in [1.29, 1.82) is 0 Å². The third-order valence-corrected chi connectivity index (χ3v) is 3.27. The van der Waals surface area contributed by atoms with Crippen LogP contribution in [-0.2, 0) is 0 Å². The second-order valence-electron chi connectivity index (χ2n) is 4.31. The fourth-order valence-corrected chi connectivity index (χ4v) is 2.45. The highest BCUT2D eigenvalue weighted by atomic mass is 19.3. The van der Waals surface area contributed by atoms with E-state index >= 15 is 0 Å². The molecule has 1 aromatic carbocycles. The predicted octanol–water partition coefficient (Wildman–Crippen LogP) is 3.10. The molecule has 2 rings (SSSR count). The average molecular weight is 241 g/mol. The molecule has 1 heterocycles. The third-order valence-electron chi connectivity index (χ3n) is 3.27. The fraction of sp³-hybridized carbons (Fsp3) is 0.538. The number of hydrogen-bond acceptors (Lipinski definition) is 2. The van der Waals surface area contributed by atoms with Gasteiger partial charge in [-0.15, -0.1) is 0 Å². The summed E-state index contributed by atoms with van der Waals surface area (Å²) < 4.78 is 31.3. The zero-order valence-corrected chi connectivity index (χ0v) is 9.88. The van der Waals surface area contributed by atoms with Crippen molar-refractivity contribution in [1.82, 2.24) is 5.32 Å². The van der Waals surface area contributed by atoms with Crippen LogP contribution in [0.3, 0.4) is 0 Å². The lowest BCUT2D eigenvalue weighted by Gasteiger charge is -2.25. The molecule has 1 aliphatic heterocycles. The zero-order chi connectivity index (χ0) is 12.3. The molecule has 1 fully saturated rings. The Bertz CT molecular complexity index is 376. The number of piperidine rings is 1. The van der Waals surface area contributed by atoms with Gasteiger partial charge in [0.2, 0.25) is 0 Å². The predicted molar refractivity (Wildman–Crippen MR) is 62.8 cm³/mol. The van der Waals surface area contributed by atoms with Crippen LogP contribution in [0.1, 0.15) is 36.3 Å². The summed E-state index contributed by atoms with van der Waals surface area (Å²) in [5, 5.41) is 3.25. The van der Waals surface area contributed by atoms with Crippen LogP contribution >= 0.6 is 0 Å². The standard InChI is InChI=1S/C13H17F2NO/c1-17-11-6-2-5-10(12(11)13(14)15)9-4-3-7-16-8-9/h2,5-6,9,13,16H,3-4,7-8H2,1H3. The van der Waals surface area contributed by atoms with E-state index in [1.807, 2.05) is 0 Å². The Morgan fingerprint density at radius 3 is 2.82 bits per heavy atom. The van der Waals surface area contributed by atoms with Gasteiger partial charge in [0.15, 0.2) is 0 Å². The van der Waals surface area contributed by atoms with E-state index in [2.05, 4.69) is 5.32 Å². The molecule has 0 saturated carbocycles. The van der Waals surface area contributed by atoms with Gasteiger partial charge in [-0.3, -0.25) is 0 Å². The van der Waals surface area contributed by atoms with Crippen LogP contribution in [0.4, 0.5) is 8.78 Å². The van der Waals surface area contributed by atoms with Crippen molar-refractivity contribution in [3.8, 4) is 5.75 Å². The molecule has 0 spiro atoms. The van der Waals surface area contributed by atoms with E-state index in [-0.39, 0.29) is 11.5 Å². The van der Waals surface area contributed by atoms with Crippen LogP contribution in [0.25, 0.3) is 0 Å². The van der Waals surface area contributed by atoms with E-state index in [1.165, 1.54) is 7.11 Å². The molecule has 1 aliphatic rings. The molecule has 2 nitrogen and oxygen atoms in total. The zero-order valence-electron chi connectivity index (χ0n) is 9.88. The molecule has 4 heteroatoms. The van der Waals surface area contributed by atoms with Crippen LogP contribution < -0.4 is 10.1 Å². The summed E-state index contributed by atoms with van der Waals surface area (Å²) >= 11 is 0. The van der Waals surface area contributed by atoms with Crippen LogP contribution in [0, 0.1) is 0 Å². The van der Waals surface area contributed by atoms with Crippen molar-refractivity contribution >= 4 is 0 Å². The van der Waals surface area contributed by atoms with Crippen molar-refractivity contribution in [3.63, 3.8) is 0 Å². The first kappa shape index (κ1) is 12.3. The average Bonchev–Trinajstić information content (AvgIpc) is 2.38. The van der Waals surface area contributed by atoms with Gasteiger partial charge in [-0.2, -0.15) is 0 Å². The van der Waals surface area contributed by atoms with Crippen molar-refractivity contribution in [3.05, 3.63) is 29.3 Å². The molecule has 1 atom stereocenters. The number of alkyl halides is 2. The van der Waals surface area contributed by atoms with E-state index in [0.29, 0.717) is 5.75 Å². The summed E-state index contributed by atoms with van der Waals surface area (Å²) in [6.07, 6.45) is -0.493. The first-order valence-electron chi connectivity index (χ1n) is 5.89. The minimum Gasteiger partial charge on any atom is -0.496 e. The summed E-state index contributed by atoms with van der Waals surface area (Å²) in [5.41, 5.74) is 0.787. The number of rotatable bonds is 3. The Labute approximate surface area is 100.0 Å². The quantitative estimate of drug-likeness (QED) is 0.878. The molecule has 0 bridgehead atoms. The fourth-order valence-electron chi connectivity index (χ4n) is 2.45. The first-order valence-corrected chi connectivity index (χ1v) is 5.89. The Hall–Kier alpha value is -1.16. The second-order valence-corrected chi connectivity index (χ2v) is 4.31. The van der Waals surface area contributed by atoms with Crippen molar-refractivity contribution < 1.29 is 13.5 Å². The normalized spacial score (nSPS) is 20.6. The summed E-state index contributed by atoms with van der Waals surface area (Å²) in [6.45, 7) is 1.75. The summed E-state index contributed by atoms with van der Waals surface area (Å²) in [7, 11) is 1.43. The monoisotopic (exact) mass is 241 g/mol. The molecule has 1 N–H and O–H groups in total. The number of hydrogen-bond donors (Lipinski definition) is 1. The summed E-state index contributed by atoms with van der Waals surface area (Å²) in [6, 6.07) is 5.18. The van der Waals surface area contributed by atoms with Crippen LogP contribution in [0.15, 0.2) is 18.2 Å². The summed E-state index contributed by atoms with van der Waals surface area (Å²) in [5.74, 6) is 0.464. The van der Waals surface area contributed by atoms with Gasteiger partial charge in [-0.1, -0.05) is 12.1 Å². The van der Waals surface area contributed by atoms with Gasteiger partial charge in [0.05, 0.1) is 12.7 Å². The smallest absolute Gasteiger partial charge is 0.267 e. The topological polar surface area (TPSA) is 21.3 Å². The molecule has 0 aliphatic carbocycles. The highest BCUT2D eigenvalue weighted by Gasteiger charge is 2.24. The first-order chi connectivity index (χ1) is 8.24. The van der Waals surface area contributed by atoms with Gasteiger partial charge in [0.25, 0.3) is 6.43 Å². The molecule has 0 aromatic heterocycles. The molecule has 0 radical (unpaired) electrons. The maximum absolute atomic E-state index is 13.1. The Kier molecular flexibility index (Phi) is 3.94. The molecule has 0 amide bonds. The van der Waals surface area contributed by atoms with Crippen molar-refractivity contribution in [2.75, 3.05) is 20.2 Å². The number of ether oxygens (including phenoxy) is 1. The van der Waals surface area contributed by atoms with Crippen molar-refractivity contribution in [2.24, 2.45) is 0 Å². The lowest BCUT2D eigenvalue weighted by molar-refractivity contribution is 0.145. The Morgan fingerprint density at radius 1 is 1.41 bits per heavy atom. The molecular formula is C13H17F2NO. The second kappa shape index (κ2) is 5.45. The van der Waals surface area contributed by atoms with E-state index in [1.54, 1.807) is 18.2 Å². The van der Waals surface area contributed by atoms with Gasteiger partial charge >= 0.3 is 0 Å². The van der Waals surface area contributed by atoms with Gasteiger partial charge in [0.1, 0.15) is 5.75 Å². The number of halogens is 2. The Balaban J connectivity index is 2.37. The number of nitrogens with one attached hydrogen (secondary N) is 1. The van der Waals surface area contributed by atoms with Gasteiger partial charge in [0, 0.05) is 6.54 Å². The third kappa shape index (κ3) is 2.57. The maximum Gasteiger partial charge on any atom is 0.267 e. The van der Waals surface area contributed by atoms with E-state index < -0.39 is 6.43 Å². The SMILES string of the molecule is COc1cccc(C2CCCNC2)c1C(F)F. The molecule has 1 aromatic rings. The lowest BCUT2D eigenvalue weighted by Crippen LogP contribution is -2.29. The van der Waals surface area contributed by atoms with Gasteiger partial charge in [-0.25, -0.2) is 8.78 Å². The minimum atomic E-state index is -2.48. The van der Waals surface area contributed by atoms with Gasteiger partial charge < -0.3 is 10.1 Å². The van der Waals surface area contributed by atoms with Crippen LogP contribution in [0.2, 0.25) is 0 Å². The minimum absolute atomic E-state index is 0.0590.